The third-order valence-electron chi connectivity index (χ3n) is 2.47. The molecule has 0 atom stereocenters. The van der Waals surface area contributed by atoms with Crippen LogP contribution in [0, 0.1) is 5.82 Å². The van der Waals surface area contributed by atoms with E-state index in [0.29, 0.717) is 30.5 Å². The summed E-state index contributed by atoms with van der Waals surface area (Å²) in [5.41, 5.74) is 0.672. The van der Waals surface area contributed by atoms with E-state index in [2.05, 4.69) is 5.32 Å². The van der Waals surface area contributed by atoms with E-state index in [4.69, 9.17) is 0 Å². The smallest absolute Gasteiger partial charge is 0.221 e. The highest BCUT2D eigenvalue weighted by molar-refractivity contribution is 5.77. The molecule has 1 amide bonds. The summed E-state index contributed by atoms with van der Waals surface area (Å²) in [6.45, 7) is 0.414. The number of nitrogens with zero attached hydrogens (tertiary/aromatic N) is 1. The number of aldehydes is 1. The average Bonchev–Trinajstić information content (AvgIpc) is 2.35. The van der Waals surface area contributed by atoms with Gasteiger partial charge in [-0.05, 0) is 18.2 Å². The zero-order chi connectivity index (χ0) is 12.8. The molecule has 0 spiro atoms. The molecule has 0 aliphatic heterocycles. The Morgan fingerprint density at radius 1 is 1.53 bits per heavy atom. The van der Waals surface area contributed by atoms with Crippen LogP contribution in [-0.4, -0.2) is 32.8 Å². The number of halogens is 1. The fraction of sp³-hybridized carbons (Fsp3) is 0.333. The van der Waals surface area contributed by atoms with Crippen molar-refractivity contribution < 1.29 is 14.0 Å². The number of benzene rings is 1. The number of hydrogen-bond donors (Lipinski definition) is 1. The summed E-state index contributed by atoms with van der Waals surface area (Å²) in [5.74, 6) is -0.559. The van der Waals surface area contributed by atoms with Crippen molar-refractivity contribution in [2.45, 2.75) is 6.42 Å². The second-order valence-corrected chi connectivity index (χ2v) is 3.67. The maximum absolute atomic E-state index is 13.6. The quantitative estimate of drug-likeness (QED) is 0.784. The summed E-state index contributed by atoms with van der Waals surface area (Å²) in [7, 11) is 3.25. The predicted octanol–water partition coefficient (Wildman–Crippen LogP) is 1.21. The highest BCUT2D eigenvalue weighted by Crippen LogP contribution is 2.18. The summed E-state index contributed by atoms with van der Waals surface area (Å²) in [5, 5.41) is 2.50. The van der Waals surface area contributed by atoms with Crippen molar-refractivity contribution in [2.24, 2.45) is 0 Å². The minimum Gasteiger partial charge on any atom is -0.372 e. The Hall–Kier alpha value is -1.91. The van der Waals surface area contributed by atoms with E-state index >= 15 is 0 Å². The highest BCUT2D eigenvalue weighted by Gasteiger charge is 2.09. The largest absolute Gasteiger partial charge is 0.372 e. The van der Waals surface area contributed by atoms with E-state index < -0.39 is 5.82 Å². The molecule has 1 aromatic rings. The molecule has 0 bridgehead atoms. The van der Waals surface area contributed by atoms with Crippen LogP contribution in [0.25, 0.3) is 0 Å². The number of carbonyl (C=O) groups is 2. The van der Waals surface area contributed by atoms with E-state index in [-0.39, 0.29) is 5.91 Å². The lowest BCUT2D eigenvalue weighted by molar-refractivity contribution is -0.120. The minimum absolute atomic E-state index is 0.0956. The Morgan fingerprint density at radius 2 is 2.24 bits per heavy atom. The van der Waals surface area contributed by atoms with Crippen molar-refractivity contribution in [1.29, 1.82) is 0 Å². The van der Waals surface area contributed by atoms with Crippen molar-refractivity contribution in [1.82, 2.24) is 5.32 Å². The first kappa shape index (κ1) is 13.2. The number of anilines is 1. The molecule has 17 heavy (non-hydrogen) atoms. The van der Waals surface area contributed by atoms with Crippen LogP contribution in [0.2, 0.25) is 0 Å². The van der Waals surface area contributed by atoms with Gasteiger partial charge in [-0.3, -0.25) is 9.59 Å². The Labute approximate surface area is 99.4 Å². The summed E-state index contributed by atoms with van der Waals surface area (Å²) in [6.07, 6.45) is 0.888. The third kappa shape index (κ3) is 3.55. The van der Waals surface area contributed by atoms with E-state index in [1.54, 1.807) is 25.1 Å². The van der Waals surface area contributed by atoms with Crippen molar-refractivity contribution in [3.63, 3.8) is 0 Å². The first-order valence-corrected chi connectivity index (χ1v) is 5.25. The second kappa shape index (κ2) is 5.98. The van der Waals surface area contributed by atoms with Gasteiger partial charge in [0.25, 0.3) is 0 Å². The lowest BCUT2D eigenvalue weighted by Crippen LogP contribution is -2.26. The van der Waals surface area contributed by atoms with Gasteiger partial charge in [-0.15, -0.1) is 0 Å². The molecule has 92 valence electrons. The van der Waals surface area contributed by atoms with Crippen LogP contribution in [0.5, 0.6) is 0 Å². The molecule has 5 heteroatoms. The predicted molar refractivity (Wildman–Crippen MR) is 63.7 cm³/mol. The molecular formula is C12H15FN2O2. The van der Waals surface area contributed by atoms with Crippen LogP contribution >= 0.6 is 0 Å². The zero-order valence-corrected chi connectivity index (χ0v) is 9.87. The molecule has 0 aliphatic rings. The fourth-order valence-corrected chi connectivity index (χ4v) is 1.42. The maximum Gasteiger partial charge on any atom is 0.221 e. The molecule has 1 rings (SSSR count). The second-order valence-electron chi connectivity index (χ2n) is 3.67. The Bertz CT molecular complexity index is 421. The van der Waals surface area contributed by atoms with Gasteiger partial charge in [0.2, 0.25) is 5.91 Å². The fourth-order valence-electron chi connectivity index (χ4n) is 1.42. The van der Waals surface area contributed by atoms with Gasteiger partial charge in [0.15, 0.2) is 0 Å². The lowest BCUT2D eigenvalue weighted by atomic mass is 10.2. The van der Waals surface area contributed by atoms with Gasteiger partial charge < -0.3 is 10.2 Å². The third-order valence-corrected chi connectivity index (χ3v) is 2.47. The van der Waals surface area contributed by atoms with Crippen LogP contribution in [0.3, 0.4) is 0 Å². The number of rotatable bonds is 5. The molecule has 0 unspecified atom stereocenters. The van der Waals surface area contributed by atoms with Gasteiger partial charge >= 0.3 is 0 Å². The van der Waals surface area contributed by atoms with Crippen molar-refractivity contribution >= 4 is 17.9 Å². The van der Waals surface area contributed by atoms with Crippen LogP contribution in [-0.2, 0) is 4.79 Å². The number of carbonyl (C=O) groups excluding carboxylic acids is 2. The first-order valence-electron chi connectivity index (χ1n) is 5.25. The number of hydrogen-bond acceptors (Lipinski definition) is 3. The van der Waals surface area contributed by atoms with Gasteiger partial charge in [-0.2, -0.15) is 0 Å². The molecule has 0 saturated carbocycles. The van der Waals surface area contributed by atoms with E-state index in [1.807, 2.05) is 0 Å². The van der Waals surface area contributed by atoms with Crippen molar-refractivity contribution in [3.05, 3.63) is 29.6 Å². The molecule has 4 nitrogen and oxygen atoms in total. The molecule has 0 fully saturated rings. The summed E-state index contributed by atoms with van der Waals surface area (Å²) < 4.78 is 13.6. The number of nitrogens with one attached hydrogen (secondary N) is 1. The normalized spacial score (nSPS) is 9.82. The molecule has 0 saturated heterocycles. The Morgan fingerprint density at radius 3 is 2.76 bits per heavy atom. The van der Waals surface area contributed by atoms with E-state index in [1.165, 1.54) is 12.1 Å². The van der Waals surface area contributed by atoms with Crippen LogP contribution in [0.4, 0.5) is 10.1 Å². The van der Waals surface area contributed by atoms with E-state index in [0.717, 1.165) is 0 Å². The number of amides is 1. The van der Waals surface area contributed by atoms with E-state index in [9.17, 15) is 14.0 Å². The first-order chi connectivity index (χ1) is 8.08. The van der Waals surface area contributed by atoms with Gasteiger partial charge in [-0.25, -0.2) is 4.39 Å². The Balaban J connectivity index is 2.71. The molecule has 0 aromatic heterocycles. The topological polar surface area (TPSA) is 49.4 Å². The molecular weight excluding hydrogens is 223 g/mol. The summed E-state index contributed by atoms with van der Waals surface area (Å²) >= 11 is 0. The monoisotopic (exact) mass is 238 g/mol. The maximum atomic E-state index is 13.6. The standard InChI is InChI=1S/C12H15FN2O2/c1-14-12(17)5-6-15(2)11-4-3-9(8-16)7-10(11)13/h3-4,7-8H,5-6H2,1-2H3,(H,14,17). The molecule has 1 aromatic carbocycles. The average molecular weight is 238 g/mol. The van der Waals surface area contributed by atoms with Gasteiger partial charge in [0.05, 0.1) is 5.69 Å². The van der Waals surface area contributed by atoms with Crippen LogP contribution in [0.15, 0.2) is 18.2 Å². The highest BCUT2D eigenvalue weighted by atomic mass is 19.1. The SMILES string of the molecule is CNC(=O)CCN(C)c1ccc(C=O)cc1F. The van der Waals surface area contributed by atoms with Crippen LogP contribution < -0.4 is 10.2 Å². The lowest BCUT2D eigenvalue weighted by Gasteiger charge is -2.19. The zero-order valence-electron chi connectivity index (χ0n) is 9.87. The molecule has 0 radical (unpaired) electrons. The van der Waals surface area contributed by atoms with Gasteiger partial charge in [-0.1, -0.05) is 0 Å². The molecule has 0 heterocycles. The summed E-state index contributed by atoms with van der Waals surface area (Å²) in [4.78, 5) is 23.2. The van der Waals surface area contributed by atoms with Gasteiger partial charge in [0, 0.05) is 32.6 Å². The van der Waals surface area contributed by atoms with Crippen LogP contribution in [0.1, 0.15) is 16.8 Å². The molecule has 1 N–H and O–H groups in total. The van der Waals surface area contributed by atoms with Crippen molar-refractivity contribution in [2.75, 3.05) is 25.5 Å². The minimum atomic E-state index is -0.464. The van der Waals surface area contributed by atoms with Gasteiger partial charge in [0.1, 0.15) is 12.1 Å². The van der Waals surface area contributed by atoms with Crippen molar-refractivity contribution in [3.8, 4) is 0 Å². The molecule has 0 aliphatic carbocycles. The summed E-state index contributed by atoms with van der Waals surface area (Å²) in [6, 6.07) is 4.25. The Kier molecular flexibility index (Phi) is 4.63.